The van der Waals surface area contributed by atoms with Crippen LogP contribution in [0.25, 0.3) is 0 Å². The molecule has 0 bridgehead atoms. The van der Waals surface area contributed by atoms with Gasteiger partial charge in [0.15, 0.2) is 11.6 Å². The third-order valence-electron chi connectivity index (χ3n) is 3.86. The molecule has 1 heterocycles. The van der Waals surface area contributed by atoms with Crippen LogP contribution in [0.3, 0.4) is 0 Å². The molecule has 0 unspecified atom stereocenters. The summed E-state index contributed by atoms with van der Waals surface area (Å²) < 4.78 is 26.2. The maximum Gasteiger partial charge on any atom is 0.256 e. The Labute approximate surface area is 149 Å². The van der Waals surface area contributed by atoms with Crippen molar-refractivity contribution in [2.45, 2.75) is 13.3 Å². The van der Waals surface area contributed by atoms with E-state index in [1.54, 1.807) is 18.3 Å². The molecule has 1 amide bonds. The maximum atomic E-state index is 13.2. The number of amides is 1. The minimum atomic E-state index is -1.07. The van der Waals surface area contributed by atoms with Gasteiger partial charge in [0.25, 0.3) is 5.91 Å². The van der Waals surface area contributed by atoms with Gasteiger partial charge in [0.2, 0.25) is 0 Å². The van der Waals surface area contributed by atoms with Gasteiger partial charge in [-0.25, -0.2) is 13.8 Å². The van der Waals surface area contributed by atoms with Crippen molar-refractivity contribution >= 4 is 23.1 Å². The topological polar surface area (TPSA) is 54.0 Å². The van der Waals surface area contributed by atoms with E-state index in [9.17, 15) is 13.6 Å². The van der Waals surface area contributed by atoms with Crippen LogP contribution in [0.1, 0.15) is 22.8 Å². The Bertz CT molecular complexity index is 927. The van der Waals surface area contributed by atoms with Crippen molar-refractivity contribution in [3.05, 3.63) is 83.6 Å². The van der Waals surface area contributed by atoms with E-state index in [4.69, 9.17) is 0 Å². The molecular formula is C20H17F2N3O. The van der Waals surface area contributed by atoms with Crippen LogP contribution in [-0.2, 0) is 6.42 Å². The van der Waals surface area contributed by atoms with Crippen molar-refractivity contribution in [1.82, 2.24) is 4.98 Å². The molecule has 0 aliphatic rings. The Hall–Kier alpha value is -3.28. The fourth-order valence-electron chi connectivity index (χ4n) is 2.47. The zero-order valence-corrected chi connectivity index (χ0v) is 14.1. The molecule has 0 aliphatic heterocycles. The summed E-state index contributed by atoms with van der Waals surface area (Å²) in [6.07, 6.45) is 2.49. The van der Waals surface area contributed by atoms with Crippen molar-refractivity contribution in [2.24, 2.45) is 0 Å². The molecule has 132 valence electrons. The fraction of sp³-hybridized carbons (Fsp3) is 0.100. The number of nitrogens with one attached hydrogen (secondary N) is 2. The Balaban J connectivity index is 1.69. The van der Waals surface area contributed by atoms with E-state index in [0.717, 1.165) is 29.9 Å². The second-order valence-corrected chi connectivity index (χ2v) is 5.65. The number of aromatic nitrogens is 1. The number of aryl methyl sites for hydroxylation is 1. The van der Waals surface area contributed by atoms with E-state index in [2.05, 4.69) is 22.5 Å². The summed E-state index contributed by atoms with van der Waals surface area (Å²) in [6.45, 7) is 2.08. The van der Waals surface area contributed by atoms with Crippen molar-refractivity contribution in [3.63, 3.8) is 0 Å². The van der Waals surface area contributed by atoms with Crippen molar-refractivity contribution in [1.29, 1.82) is 0 Å². The summed E-state index contributed by atoms with van der Waals surface area (Å²) in [6, 6.07) is 14.4. The zero-order valence-electron chi connectivity index (χ0n) is 14.1. The first kappa shape index (κ1) is 17.5. The molecule has 0 spiro atoms. The molecule has 0 saturated heterocycles. The lowest BCUT2D eigenvalue weighted by molar-refractivity contribution is 0.102. The summed E-state index contributed by atoms with van der Waals surface area (Å²) in [5, 5.41) is 5.83. The monoisotopic (exact) mass is 353 g/mol. The summed E-state index contributed by atoms with van der Waals surface area (Å²) in [4.78, 5) is 16.3. The second-order valence-electron chi connectivity index (χ2n) is 5.65. The third kappa shape index (κ3) is 4.03. The van der Waals surface area contributed by atoms with Crippen LogP contribution in [0.15, 0.2) is 60.8 Å². The Morgan fingerprint density at radius 2 is 1.85 bits per heavy atom. The van der Waals surface area contributed by atoms with Gasteiger partial charge >= 0.3 is 0 Å². The lowest BCUT2D eigenvalue weighted by Gasteiger charge is -2.11. The lowest BCUT2D eigenvalue weighted by Crippen LogP contribution is -2.13. The standard InChI is InChI=1S/C20H17F2N3O/c1-2-13-5-3-4-6-18(13)24-15-8-10-19(23-12-15)25-20(26)14-7-9-16(21)17(22)11-14/h3-12,24H,2H2,1H3,(H,23,25,26). The van der Waals surface area contributed by atoms with Gasteiger partial charge in [-0.3, -0.25) is 4.79 Å². The summed E-state index contributed by atoms with van der Waals surface area (Å²) in [5.41, 5.74) is 2.97. The number of para-hydroxylation sites is 1. The molecule has 3 aromatic rings. The third-order valence-corrected chi connectivity index (χ3v) is 3.86. The molecule has 2 aromatic carbocycles. The fourth-order valence-corrected chi connectivity index (χ4v) is 2.47. The van der Waals surface area contributed by atoms with Crippen LogP contribution in [0.2, 0.25) is 0 Å². The van der Waals surface area contributed by atoms with Crippen LogP contribution in [0.4, 0.5) is 26.0 Å². The number of anilines is 3. The predicted octanol–water partition coefficient (Wildman–Crippen LogP) is 4.92. The second kappa shape index (κ2) is 7.74. The number of carbonyl (C=O) groups is 1. The first-order valence-electron chi connectivity index (χ1n) is 8.14. The first-order valence-corrected chi connectivity index (χ1v) is 8.14. The van der Waals surface area contributed by atoms with Gasteiger partial charge in [0.05, 0.1) is 11.9 Å². The predicted molar refractivity (Wildman–Crippen MR) is 97.7 cm³/mol. The number of benzene rings is 2. The highest BCUT2D eigenvalue weighted by molar-refractivity contribution is 6.03. The molecule has 2 N–H and O–H groups in total. The molecule has 26 heavy (non-hydrogen) atoms. The van der Waals surface area contributed by atoms with Gasteiger partial charge in [0, 0.05) is 11.3 Å². The highest BCUT2D eigenvalue weighted by Crippen LogP contribution is 2.21. The Morgan fingerprint density at radius 1 is 1.04 bits per heavy atom. The number of carbonyl (C=O) groups excluding carboxylic acids is 1. The maximum absolute atomic E-state index is 13.2. The van der Waals surface area contributed by atoms with Gasteiger partial charge in [0.1, 0.15) is 5.82 Å². The van der Waals surface area contributed by atoms with Gasteiger partial charge in [-0.05, 0) is 48.4 Å². The van der Waals surface area contributed by atoms with Crippen LogP contribution in [0, 0.1) is 11.6 Å². The summed E-state index contributed by atoms with van der Waals surface area (Å²) in [7, 11) is 0. The van der Waals surface area contributed by atoms with Crippen molar-refractivity contribution in [2.75, 3.05) is 10.6 Å². The van der Waals surface area contributed by atoms with Crippen LogP contribution >= 0.6 is 0 Å². The van der Waals surface area contributed by atoms with Gasteiger partial charge in [-0.1, -0.05) is 25.1 Å². The molecule has 0 atom stereocenters. The van der Waals surface area contributed by atoms with E-state index < -0.39 is 17.5 Å². The quantitative estimate of drug-likeness (QED) is 0.685. The average Bonchev–Trinajstić information content (AvgIpc) is 2.66. The van der Waals surface area contributed by atoms with Crippen LogP contribution in [-0.4, -0.2) is 10.9 Å². The first-order chi connectivity index (χ1) is 12.6. The number of pyridine rings is 1. The minimum Gasteiger partial charge on any atom is -0.354 e. The van der Waals surface area contributed by atoms with Crippen molar-refractivity contribution < 1.29 is 13.6 Å². The van der Waals surface area contributed by atoms with Crippen molar-refractivity contribution in [3.8, 4) is 0 Å². The average molecular weight is 353 g/mol. The molecule has 3 rings (SSSR count). The van der Waals surface area contributed by atoms with E-state index >= 15 is 0 Å². The van der Waals surface area contributed by atoms with Gasteiger partial charge in [-0.2, -0.15) is 0 Å². The number of rotatable bonds is 5. The Kier molecular flexibility index (Phi) is 5.22. The highest BCUT2D eigenvalue weighted by Gasteiger charge is 2.10. The normalized spacial score (nSPS) is 10.4. The summed E-state index contributed by atoms with van der Waals surface area (Å²) in [5.74, 6) is -2.32. The lowest BCUT2D eigenvalue weighted by atomic mass is 10.1. The molecule has 6 heteroatoms. The minimum absolute atomic E-state index is 0.0183. The van der Waals surface area contributed by atoms with Gasteiger partial charge < -0.3 is 10.6 Å². The number of halogens is 2. The number of hydrogen-bond donors (Lipinski definition) is 2. The molecule has 0 radical (unpaired) electrons. The molecule has 4 nitrogen and oxygen atoms in total. The Morgan fingerprint density at radius 3 is 2.54 bits per heavy atom. The van der Waals surface area contributed by atoms with Crippen LogP contribution in [0.5, 0.6) is 0 Å². The smallest absolute Gasteiger partial charge is 0.256 e. The van der Waals surface area contributed by atoms with E-state index in [1.165, 1.54) is 11.6 Å². The number of hydrogen-bond acceptors (Lipinski definition) is 3. The van der Waals surface area contributed by atoms with Crippen LogP contribution < -0.4 is 10.6 Å². The highest BCUT2D eigenvalue weighted by atomic mass is 19.2. The van der Waals surface area contributed by atoms with E-state index in [-0.39, 0.29) is 5.56 Å². The molecule has 0 saturated carbocycles. The zero-order chi connectivity index (χ0) is 18.5. The van der Waals surface area contributed by atoms with E-state index in [1.807, 2.05) is 24.3 Å². The largest absolute Gasteiger partial charge is 0.354 e. The molecule has 1 aromatic heterocycles. The van der Waals surface area contributed by atoms with E-state index in [0.29, 0.717) is 5.82 Å². The molecule has 0 fully saturated rings. The molecule has 0 aliphatic carbocycles. The van der Waals surface area contributed by atoms with Gasteiger partial charge in [-0.15, -0.1) is 0 Å². The molecular weight excluding hydrogens is 336 g/mol. The summed E-state index contributed by atoms with van der Waals surface area (Å²) >= 11 is 0. The SMILES string of the molecule is CCc1ccccc1Nc1ccc(NC(=O)c2ccc(F)c(F)c2)nc1. The number of nitrogens with zero attached hydrogens (tertiary/aromatic N) is 1.